The second-order valence-corrected chi connectivity index (χ2v) is 7.04. The highest BCUT2D eigenvalue weighted by molar-refractivity contribution is 5.80. The lowest BCUT2D eigenvalue weighted by Crippen LogP contribution is -2.53. The monoisotopic (exact) mass is 320 g/mol. The van der Waals surface area contributed by atoms with E-state index in [2.05, 4.69) is 5.32 Å². The molecule has 0 saturated heterocycles. The van der Waals surface area contributed by atoms with E-state index in [0.717, 1.165) is 44.1 Å². The minimum absolute atomic E-state index is 0.0168. The van der Waals surface area contributed by atoms with Gasteiger partial charge in [0.2, 0.25) is 5.91 Å². The number of benzene rings is 1. The van der Waals surface area contributed by atoms with Gasteiger partial charge < -0.3 is 15.8 Å². The molecule has 1 aliphatic carbocycles. The molecule has 0 spiro atoms. The van der Waals surface area contributed by atoms with Gasteiger partial charge >= 0.3 is 0 Å². The second kappa shape index (κ2) is 6.48. The molecule has 0 aromatic heterocycles. The van der Waals surface area contributed by atoms with Crippen LogP contribution in [-0.4, -0.2) is 18.1 Å². The Morgan fingerprint density at radius 3 is 2.96 bits per heavy atom. The molecule has 3 rings (SSSR count). The smallest absolute Gasteiger partial charge is 0.225 e. The van der Waals surface area contributed by atoms with Crippen molar-refractivity contribution in [1.82, 2.24) is 5.32 Å². The van der Waals surface area contributed by atoms with Crippen LogP contribution in [0, 0.1) is 11.7 Å². The molecule has 4 nitrogen and oxygen atoms in total. The van der Waals surface area contributed by atoms with E-state index in [1.54, 1.807) is 6.07 Å². The Morgan fingerprint density at radius 1 is 1.35 bits per heavy atom. The normalized spacial score (nSPS) is 30.7. The minimum atomic E-state index is -0.464. The molecule has 1 fully saturated rings. The van der Waals surface area contributed by atoms with Crippen molar-refractivity contribution in [2.75, 3.05) is 6.61 Å². The van der Waals surface area contributed by atoms with E-state index in [1.807, 2.05) is 6.92 Å². The van der Waals surface area contributed by atoms with Gasteiger partial charge in [0.15, 0.2) is 0 Å². The summed E-state index contributed by atoms with van der Waals surface area (Å²) in [5.41, 5.74) is 6.60. The van der Waals surface area contributed by atoms with Gasteiger partial charge in [0.25, 0.3) is 0 Å². The molecule has 0 radical (unpaired) electrons. The van der Waals surface area contributed by atoms with Gasteiger partial charge in [-0.1, -0.05) is 12.8 Å². The molecule has 5 heteroatoms. The van der Waals surface area contributed by atoms with Gasteiger partial charge in [0, 0.05) is 11.1 Å². The highest BCUT2D eigenvalue weighted by Gasteiger charge is 2.38. The maximum atomic E-state index is 13.6. The molecule has 126 valence electrons. The highest BCUT2D eigenvalue weighted by atomic mass is 19.1. The number of ether oxygens (including phenoxy) is 1. The van der Waals surface area contributed by atoms with Crippen molar-refractivity contribution < 1.29 is 13.9 Å². The summed E-state index contributed by atoms with van der Waals surface area (Å²) in [5, 5.41) is 3.10. The fourth-order valence-corrected chi connectivity index (χ4v) is 3.76. The summed E-state index contributed by atoms with van der Waals surface area (Å²) in [7, 11) is 0. The molecule has 3 atom stereocenters. The zero-order valence-electron chi connectivity index (χ0n) is 13.6. The Balaban J connectivity index is 1.79. The first-order valence-electron chi connectivity index (χ1n) is 8.49. The standard InChI is InChI=1S/C18H25FN2O2/c1-18(20)9-3-2-5-14(18)17(22)21-15-6-4-10-23-16-8-7-12(19)11-13(15)16/h7-8,11,14-15H,2-6,9-10,20H2,1H3,(H,21,22). The van der Waals surface area contributed by atoms with Gasteiger partial charge in [-0.2, -0.15) is 0 Å². The molecular weight excluding hydrogens is 295 g/mol. The van der Waals surface area contributed by atoms with Gasteiger partial charge in [-0.3, -0.25) is 4.79 Å². The predicted molar refractivity (Wildman–Crippen MR) is 86.6 cm³/mol. The Morgan fingerprint density at radius 2 is 2.17 bits per heavy atom. The molecule has 2 aliphatic rings. The quantitative estimate of drug-likeness (QED) is 0.880. The zero-order valence-corrected chi connectivity index (χ0v) is 13.6. The van der Waals surface area contributed by atoms with Crippen molar-refractivity contribution in [3.63, 3.8) is 0 Å². The van der Waals surface area contributed by atoms with Crippen LogP contribution in [0.1, 0.15) is 57.1 Å². The molecule has 3 N–H and O–H groups in total. The Labute approximate surface area is 136 Å². The van der Waals surface area contributed by atoms with Crippen molar-refractivity contribution in [1.29, 1.82) is 0 Å². The van der Waals surface area contributed by atoms with E-state index in [1.165, 1.54) is 12.1 Å². The topological polar surface area (TPSA) is 64.4 Å². The third kappa shape index (κ3) is 3.50. The third-order valence-corrected chi connectivity index (χ3v) is 5.13. The Hall–Kier alpha value is -1.62. The number of hydrogen-bond acceptors (Lipinski definition) is 3. The number of nitrogens with one attached hydrogen (secondary N) is 1. The van der Waals surface area contributed by atoms with Crippen LogP contribution in [0.4, 0.5) is 4.39 Å². The van der Waals surface area contributed by atoms with E-state index in [4.69, 9.17) is 10.5 Å². The molecule has 23 heavy (non-hydrogen) atoms. The summed E-state index contributed by atoms with van der Waals surface area (Å²) in [6.07, 6.45) is 5.36. The second-order valence-electron chi connectivity index (χ2n) is 7.04. The van der Waals surface area contributed by atoms with Gasteiger partial charge in [0.1, 0.15) is 11.6 Å². The summed E-state index contributed by atoms with van der Waals surface area (Å²) >= 11 is 0. The number of amides is 1. The van der Waals surface area contributed by atoms with Crippen molar-refractivity contribution in [3.8, 4) is 5.75 Å². The first-order valence-corrected chi connectivity index (χ1v) is 8.49. The lowest BCUT2D eigenvalue weighted by Gasteiger charge is -2.38. The van der Waals surface area contributed by atoms with Gasteiger partial charge in [-0.15, -0.1) is 0 Å². The van der Waals surface area contributed by atoms with E-state index < -0.39 is 5.54 Å². The maximum absolute atomic E-state index is 13.6. The number of carbonyl (C=O) groups is 1. The van der Waals surface area contributed by atoms with Crippen molar-refractivity contribution >= 4 is 5.91 Å². The predicted octanol–water partition coefficient (Wildman–Crippen LogP) is 3.06. The van der Waals surface area contributed by atoms with Crippen LogP contribution >= 0.6 is 0 Å². The first kappa shape index (κ1) is 16.2. The fraction of sp³-hybridized carbons (Fsp3) is 0.611. The maximum Gasteiger partial charge on any atom is 0.225 e. The van der Waals surface area contributed by atoms with Crippen LogP contribution in [0.5, 0.6) is 5.75 Å². The van der Waals surface area contributed by atoms with E-state index in [0.29, 0.717) is 12.4 Å². The largest absolute Gasteiger partial charge is 0.493 e. The van der Waals surface area contributed by atoms with Crippen LogP contribution in [0.2, 0.25) is 0 Å². The summed E-state index contributed by atoms with van der Waals surface area (Å²) in [6.45, 7) is 2.54. The molecule has 1 saturated carbocycles. The number of nitrogens with two attached hydrogens (primary N) is 1. The molecule has 1 heterocycles. The molecular formula is C18H25FN2O2. The average Bonchev–Trinajstić information content (AvgIpc) is 2.69. The number of fused-ring (bicyclic) bond motifs is 1. The van der Waals surface area contributed by atoms with E-state index >= 15 is 0 Å². The molecule has 1 aliphatic heterocycles. The number of halogens is 1. The van der Waals surface area contributed by atoms with Crippen LogP contribution < -0.4 is 15.8 Å². The SMILES string of the molecule is CC1(N)CCCCC1C(=O)NC1CCCOc2ccc(F)cc21. The van der Waals surface area contributed by atoms with Crippen LogP contribution in [0.15, 0.2) is 18.2 Å². The zero-order chi connectivity index (χ0) is 16.4. The minimum Gasteiger partial charge on any atom is -0.493 e. The van der Waals surface area contributed by atoms with Crippen molar-refractivity contribution in [3.05, 3.63) is 29.6 Å². The Bertz CT molecular complexity index is 588. The fourth-order valence-electron chi connectivity index (χ4n) is 3.76. The van der Waals surface area contributed by atoms with Gasteiger partial charge in [-0.05, 0) is 50.8 Å². The molecule has 1 aromatic rings. The van der Waals surface area contributed by atoms with Crippen molar-refractivity contribution in [2.45, 2.75) is 57.0 Å². The van der Waals surface area contributed by atoms with Crippen LogP contribution in [0.25, 0.3) is 0 Å². The molecule has 3 unspecified atom stereocenters. The molecule has 1 amide bonds. The van der Waals surface area contributed by atoms with E-state index in [9.17, 15) is 9.18 Å². The number of carbonyl (C=O) groups excluding carboxylic acids is 1. The summed E-state index contributed by atoms with van der Waals surface area (Å²) in [5.74, 6) is 0.150. The van der Waals surface area contributed by atoms with Crippen molar-refractivity contribution in [2.24, 2.45) is 11.7 Å². The van der Waals surface area contributed by atoms with Crippen LogP contribution in [0.3, 0.4) is 0 Å². The third-order valence-electron chi connectivity index (χ3n) is 5.13. The number of rotatable bonds is 2. The summed E-state index contributed by atoms with van der Waals surface area (Å²) in [4.78, 5) is 12.8. The summed E-state index contributed by atoms with van der Waals surface area (Å²) < 4.78 is 19.3. The highest BCUT2D eigenvalue weighted by Crippen LogP contribution is 2.35. The lowest BCUT2D eigenvalue weighted by molar-refractivity contribution is -0.129. The van der Waals surface area contributed by atoms with Crippen LogP contribution in [-0.2, 0) is 4.79 Å². The average molecular weight is 320 g/mol. The van der Waals surface area contributed by atoms with Gasteiger partial charge in [-0.25, -0.2) is 4.39 Å². The first-order chi connectivity index (χ1) is 11.0. The number of hydrogen-bond donors (Lipinski definition) is 2. The molecule has 0 bridgehead atoms. The van der Waals surface area contributed by atoms with E-state index in [-0.39, 0.29) is 23.7 Å². The molecule has 1 aromatic carbocycles. The van der Waals surface area contributed by atoms with Gasteiger partial charge in [0.05, 0.1) is 18.6 Å². The Kier molecular flexibility index (Phi) is 4.57. The lowest BCUT2D eigenvalue weighted by atomic mass is 9.74. The summed E-state index contributed by atoms with van der Waals surface area (Å²) in [6, 6.07) is 4.28.